The Morgan fingerprint density at radius 3 is 3.00 bits per heavy atom. The third-order valence-electron chi connectivity index (χ3n) is 3.22. The number of hydrogen-bond acceptors (Lipinski definition) is 2. The van der Waals surface area contributed by atoms with Crippen LogP contribution in [-0.2, 0) is 4.79 Å². The predicted octanol–water partition coefficient (Wildman–Crippen LogP) is 1.98. The maximum Gasteiger partial charge on any atom is 0.246 e. The van der Waals surface area contributed by atoms with Crippen molar-refractivity contribution in [2.24, 2.45) is 0 Å². The van der Waals surface area contributed by atoms with E-state index < -0.39 is 0 Å². The molecule has 0 bridgehead atoms. The van der Waals surface area contributed by atoms with Crippen LogP contribution in [0.3, 0.4) is 0 Å². The summed E-state index contributed by atoms with van der Waals surface area (Å²) >= 11 is 0. The number of fused-ring (bicyclic) bond motifs is 1. The van der Waals surface area contributed by atoms with Gasteiger partial charge in [0.1, 0.15) is 6.04 Å². The summed E-state index contributed by atoms with van der Waals surface area (Å²) in [6.07, 6.45) is 11.1. The van der Waals surface area contributed by atoms with Crippen LogP contribution in [-0.4, -0.2) is 19.0 Å². The first-order valence-electron chi connectivity index (χ1n) is 6.10. The van der Waals surface area contributed by atoms with Crippen molar-refractivity contribution in [3.63, 3.8) is 0 Å². The third-order valence-corrected chi connectivity index (χ3v) is 3.22. The highest BCUT2D eigenvalue weighted by molar-refractivity contribution is 5.91. The minimum atomic E-state index is -0.340. The van der Waals surface area contributed by atoms with Gasteiger partial charge in [-0.15, -0.1) is 0 Å². The Hall–Kier alpha value is -1.87. The Bertz CT molecular complexity index is 507. The van der Waals surface area contributed by atoms with E-state index in [2.05, 4.69) is 29.4 Å². The van der Waals surface area contributed by atoms with Gasteiger partial charge in [-0.25, -0.2) is 0 Å². The largest absolute Gasteiger partial charge is 0.324 e. The number of rotatable bonds is 1. The van der Waals surface area contributed by atoms with Crippen LogP contribution >= 0.6 is 0 Å². The molecule has 1 aliphatic heterocycles. The summed E-state index contributed by atoms with van der Waals surface area (Å²) in [5.41, 5.74) is 3.75. The molecule has 0 aromatic heterocycles. The maximum atomic E-state index is 12.1. The van der Waals surface area contributed by atoms with E-state index in [1.54, 1.807) is 7.05 Å². The predicted molar refractivity (Wildman–Crippen MR) is 73.8 cm³/mol. The van der Waals surface area contributed by atoms with Gasteiger partial charge in [-0.3, -0.25) is 4.79 Å². The molecule has 1 saturated heterocycles. The van der Waals surface area contributed by atoms with Gasteiger partial charge in [0, 0.05) is 11.3 Å². The highest BCUT2D eigenvalue weighted by atomic mass is 16.2. The van der Waals surface area contributed by atoms with Crippen molar-refractivity contribution in [2.75, 3.05) is 7.05 Å². The monoisotopic (exact) mass is 242 g/mol. The molecule has 1 fully saturated rings. The fourth-order valence-electron chi connectivity index (χ4n) is 2.37. The molecule has 0 saturated carbocycles. The number of carbonyl (C=O) groups excluding carboxylic acids is 1. The van der Waals surface area contributed by atoms with Crippen LogP contribution in [0.5, 0.6) is 0 Å². The summed E-state index contributed by atoms with van der Waals surface area (Å²) in [5.74, 6) is -0.0631. The van der Waals surface area contributed by atoms with E-state index in [9.17, 15) is 4.79 Å². The molecular weight excluding hydrogens is 224 g/mol. The van der Waals surface area contributed by atoms with Crippen LogP contribution in [0.4, 0.5) is 0 Å². The molecule has 1 atom stereocenters. The highest BCUT2D eigenvalue weighted by Gasteiger charge is 2.30. The molecule has 2 aliphatic rings. The fraction of sp³-hybridized carbons (Fsp3) is 0.267. The number of likely N-dealkylation sites (N-methyl/N-ethyl adjacent to an activating group) is 1. The molecule has 3 heteroatoms. The first kappa shape index (κ1) is 12.6. The Labute approximate surface area is 108 Å². The molecule has 1 amide bonds. The summed E-state index contributed by atoms with van der Waals surface area (Å²) in [7, 11) is 1.79. The fourth-order valence-corrected chi connectivity index (χ4v) is 2.37. The van der Waals surface area contributed by atoms with Crippen LogP contribution in [0.2, 0.25) is 0 Å². The molecular formula is C15H18N2O. The van der Waals surface area contributed by atoms with Gasteiger partial charge in [0.2, 0.25) is 5.91 Å². The van der Waals surface area contributed by atoms with Crippen molar-refractivity contribution in [1.29, 1.82) is 0 Å². The lowest BCUT2D eigenvalue weighted by Gasteiger charge is -2.16. The van der Waals surface area contributed by atoms with E-state index in [1.165, 1.54) is 0 Å². The summed E-state index contributed by atoms with van der Waals surface area (Å²) < 4.78 is 0. The zero-order valence-corrected chi connectivity index (χ0v) is 10.8. The van der Waals surface area contributed by atoms with Gasteiger partial charge in [-0.2, -0.15) is 0 Å². The minimum Gasteiger partial charge on any atom is -0.324 e. The Balaban J connectivity index is 2.60. The third kappa shape index (κ3) is 2.09. The van der Waals surface area contributed by atoms with Gasteiger partial charge < -0.3 is 10.6 Å². The molecule has 0 spiro atoms. The van der Waals surface area contributed by atoms with Gasteiger partial charge in [0.15, 0.2) is 0 Å². The van der Waals surface area contributed by atoms with Gasteiger partial charge in [0.25, 0.3) is 0 Å². The van der Waals surface area contributed by atoms with E-state index >= 15 is 0 Å². The quantitative estimate of drug-likeness (QED) is 0.738. The van der Waals surface area contributed by atoms with Crippen molar-refractivity contribution in [3.05, 3.63) is 59.4 Å². The second-order valence-electron chi connectivity index (χ2n) is 4.30. The number of carbonyl (C=O) groups is 1. The topological polar surface area (TPSA) is 41.1 Å². The molecule has 18 heavy (non-hydrogen) atoms. The number of allylic oxidation sites excluding steroid dienone is 6. The van der Waals surface area contributed by atoms with Crippen molar-refractivity contribution < 1.29 is 4.79 Å². The van der Waals surface area contributed by atoms with Crippen molar-refractivity contribution in [3.8, 4) is 0 Å². The van der Waals surface area contributed by atoms with Crippen LogP contribution in [0.1, 0.15) is 13.3 Å². The molecule has 1 heterocycles. The van der Waals surface area contributed by atoms with Crippen molar-refractivity contribution in [2.45, 2.75) is 19.4 Å². The molecule has 3 nitrogen and oxygen atoms in total. The Morgan fingerprint density at radius 2 is 2.33 bits per heavy atom. The number of amides is 1. The lowest BCUT2D eigenvalue weighted by molar-refractivity contribution is -0.121. The number of hydrogen-bond donors (Lipinski definition) is 2. The maximum absolute atomic E-state index is 12.1. The number of nitrogens with one attached hydrogen (secondary N) is 2. The molecule has 94 valence electrons. The molecule has 0 aromatic rings. The van der Waals surface area contributed by atoms with Crippen molar-refractivity contribution in [1.82, 2.24) is 10.6 Å². The van der Waals surface area contributed by atoms with Gasteiger partial charge in [-0.05, 0) is 31.5 Å². The zero-order valence-electron chi connectivity index (χ0n) is 10.8. The van der Waals surface area contributed by atoms with Crippen LogP contribution in [0, 0.1) is 0 Å². The van der Waals surface area contributed by atoms with E-state index in [0.29, 0.717) is 5.70 Å². The first-order chi connectivity index (χ1) is 8.69. The van der Waals surface area contributed by atoms with E-state index in [1.807, 2.05) is 25.2 Å². The van der Waals surface area contributed by atoms with Crippen molar-refractivity contribution >= 4 is 5.91 Å². The standard InChI is InChI=1S/C15H18N2O/c1-4-11-10(2)17-15(18)14(16-3)13-9-7-5-6-8-12(11)13/h4-5,7-9,14,16H,2,6H2,1,3H3,(H,17,18)/b11-4+/t14-/m0/s1. The second-order valence-corrected chi connectivity index (χ2v) is 4.30. The minimum absolute atomic E-state index is 0.0631. The lowest BCUT2D eigenvalue weighted by Crippen LogP contribution is -2.41. The summed E-state index contributed by atoms with van der Waals surface area (Å²) in [5, 5.41) is 5.91. The first-order valence-corrected chi connectivity index (χ1v) is 6.10. The van der Waals surface area contributed by atoms with Gasteiger partial charge in [-0.1, -0.05) is 37.0 Å². The molecule has 0 aromatic carbocycles. The summed E-state index contributed by atoms with van der Waals surface area (Å²) in [6, 6.07) is -0.340. The lowest BCUT2D eigenvalue weighted by atomic mass is 9.92. The Kier molecular flexibility index (Phi) is 3.63. The smallest absolute Gasteiger partial charge is 0.246 e. The average Bonchev–Trinajstić information content (AvgIpc) is 2.61. The zero-order chi connectivity index (χ0) is 13.1. The highest BCUT2D eigenvalue weighted by Crippen LogP contribution is 2.31. The molecule has 2 rings (SSSR count). The Morgan fingerprint density at radius 1 is 1.56 bits per heavy atom. The molecule has 1 aliphatic carbocycles. The summed E-state index contributed by atoms with van der Waals surface area (Å²) in [4.78, 5) is 12.1. The summed E-state index contributed by atoms with van der Waals surface area (Å²) in [6.45, 7) is 5.91. The molecule has 0 radical (unpaired) electrons. The van der Waals surface area contributed by atoms with E-state index in [-0.39, 0.29) is 11.9 Å². The molecule has 2 N–H and O–H groups in total. The van der Waals surface area contributed by atoms with E-state index in [4.69, 9.17) is 0 Å². The SMILES string of the molecule is C=C1NC(=O)[C@@H](NC)C2=CC=CCC=C2/C1=C/C. The average molecular weight is 242 g/mol. The van der Waals surface area contributed by atoms with E-state index in [0.717, 1.165) is 23.1 Å². The second kappa shape index (κ2) is 5.19. The van der Waals surface area contributed by atoms with Gasteiger partial charge in [0.05, 0.1) is 0 Å². The van der Waals surface area contributed by atoms with Crippen LogP contribution in [0.15, 0.2) is 59.4 Å². The van der Waals surface area contributed by atoms with Gasteiger partial charge >= 0.3 is 0 Å². The van der Waals surface area contributed by atoms with Crippen LogP contribution < -0.4 is 10.6 Å². The normalized spacial score (nSPS) is 25.9. The molecule has 0 unspecified atom stereocenters. The van der Waals surface area contributed by atoms with Crippen LogP contribution in [0.25, 0.3) is 0 Å².